The predicted octanol–water partition coefficient (Wildman–Crippen LogP) is 4.38. The summed E-state index contributed by atoms with van der Waals surface area (Å²) in [7, 11) is 0. The molecule has 1 aliphatic carbocycles. The van der Waals surface area contributed by atoms with Gasteiger partial charge in [-0.05, 0) is 62.3 Å². The molecule has 3 rings (SSSR count). The van der Waals surface area contributed by atoms with Crippen molar-refractivity contribution in [1.29, 1.82) is 0 Å². The Balaban J connectivity index is 1.54. The van der Waals surface area contributed by atoms with Gasteiger partial charge in [0.15, 0.2) is 0 Å². The topological polar surface area (TPSA) is 29.3 Å². The van der Waals surface area contributed by atoms with Gasteiger partial charge >= 0.3 is 0 Å². The van der Waals surface area contributed by atoms with Crippen LogP contribution in [0.25, 0.3) is 0 Å². The van der Waals surface area contributed by atoms with Crippen LogP contribution in [-0.2, 0) is 0 Å². The molecule has 1 aromatic carbocycles. The minimum Gasteiger partial charge on any atom is -0.324 e. The van der Waals surface area contributed by atoms with Crippen molar-refractivity contribution < 1.29 is 0 Å². The van der Waals surface area contributed by atoms with Gasteiger partial charge in [-0.3, -0.25) is 0 Å². The number of rotatable bonds is 5. The van der Waals surface area contributed by atoms with Crippen LogP contribution in [0, 0.1) is 5.92 Å². The highest BCUT2D eigenvalue weighted by Crippen LogP contribution is 2.35. The van der Waals surface area contributed by atoms with Gasteiger partial charge in [-0.1, -0.05) is 36.6 Å². The molecule has 0 aromatic heterocycles. The monoisotopic (exact) mass is 306 g/mol. The number of hydrogen-bond donors (Lipinski definition) is 1. The van der Waals surface area contributed by atoms with E-state index in [1.807, 2.05) is 18.2 Å². The number of nitrogens with two attached hydrogens (primary N) is 1. The molecule has 116 valence electrons. The molecule has 2 unspecified atom stereocenters. The average Bonchev–Trinajstić information content (AvgIpc) is 3.15. The van der Waals surface area contributed by atoms with Crippen LogP contribution in [0.1, 0.15) is 56.6 Å². The molecular weight excluding hydrogens is 280 g/mol. The van der Waals surface area contributed by atoms with Crippen molar-refractivity contribution in [2.45, 2.75) is 57.0 Å². The maximum Gasteiger partial charge on any atom is 0.0409 e. The van der Waals surface area contributed by atoms with E-state index in [1.165, 1.54) is 50.6 Å². The van der Waals surface area contributed by atoms with Crippen molar-refractivity contribution in [2.24, 2.45) is 11.7 Å². The van der Waals surface area contributed by atoms with Crippen LogP contribution in [0.2, 0.25) is 5.02 Å². The Morgan fingerprint density at radius 2 is 2.00 bits per heavy atom. The Kier molecular flexibility index (Phi) is 5.20. The first-order chi connectivity index (χ1) is 10.2. The molecular formula is C18H27ClN2. The molecule has 0 amide bonds. The zero-order valence-electron chi connectivity index (χ0n) is 12.8. The van der Waals surface area contributed by atoms with Crippen molar-refractivity contribution in [1.82, 2.24) is 4.90 Å². The molecule has 0 radical (unpaired) electrons. The molecule has 2 aliphatic rings. The molecule has 0 bridgehead atoms. The Labute approximate surface area is 133 Å². The Morgan fingerprint density at radius 3 is 2.76 bits per heavy atom. The molecule has 3 heteroatoms. The summed E-state index contributed by atoms with van der Waals surface area (Å²) in [6, 6.07) is 8.94. The smallest absolute Gasteiger partial charge is 0.0409 e. The van der Waals surface area contributed by atoms with Gasteiger partial charge in [-0.25, -0.2) is 0 Å². The van der Waals surface area contributed by atoms with Crippen LogP contribution in [0.5, 0.6) is 0 Å². The third kappa shape index (κ3) is 3.80. The maximum absolute atomic E-state index is 6.36. The predicted molar refractivity (Wildman–Crippen MR) is 89.6 cm³/mol. The van der Waals surface area contributed by atoms with Crippen molar-refractivity contribution in [3.63, 3.8) is 0 Å². The number of benzene rings is 1. The van der Waals surface area contributed by atoms with Gasteiger partial charge in [0.25, 0.3) is 0 Å². The minimum atomic E-state index is 0.105. The van der Waals surface area contributed by atoms with Crippen molar-refractivity contribution in [3.05, 3.63) is 34.9 Å². The molecule has 0 spiro atoms. The third-order valence-electron chi connectivity index (χ3n) is 5.36. The summed E-state index contributed by atoms with van der Waals surface area (Å²) in [5, 5.41) is 0.785. The highest BCUT2D eigenvalue weighted by molar-refractivity contribution is 6.30. The fourth-order valence-electron chi connectivity index (χ4n) is 4.21. The van der Waals surface area contributed by atoms with E-state index in [0.29, 0.717) is 0 Å². The Morgan fingerprint density at radius 1 is 1.19 bits per heavy atom. The summed E-state index contributed by atoms with van der Waals surface area (Å²) in [6.07, 6.45) is 9.57. The minimum absolute atomic E-state index is 0.105. The fourth-order valence-corrected chi connectivity index (χ4v) is 4.41. The van der Waals surface area contributed by atoms with E-state index in [-0.39, 0.29) is 6.04 Å². The Bertz CT molecular complexity index is 456. The molecule has 21 heavy (non-hydrogen) atoms. The molecule has 1 saturated heterocycles. The second-order valence-electron chi connectivity index (χ2n) is 6.74. The summed E-state index contributed by atoms with van der Waals surface area (Å²) < 4.78 is 0. The van der Waals surface area contributed by atoms with Crippen molar-refractivity contribution in [3.8, 4) is 0 Å². The van der Waals surface area contributed by atoms with E-state index < -0.39 is 0 Å². The Hall–Kier alpha value is -0.570. The van der Waals surface area contributed by atoms with Gasteiger partial charge in [-0.15, -0.1) is 0 Å². The van der Waals surface area contributed by atoms with Crippen LogP contribution >= 0.6 is 11.6 Å². The second kappa shape index (κ2) is 7.13. The van der Waals surface area contributed by atoms with E-state index in [4.69, 9.17) is 17.3 Å². The van der Waals surface area contributed by atoms with E-state index >= 15 is 0 Å². The zero-order chi connectivity index (χ0) is 14.7. The first-order valence-electron chi connectivity index (χ1n) is 8.49. The summed E-state index contributed by atoms with van der Waals surface area (Å²) in [5.41, 5.74) is 7.52. The van der Waals surface area contributed by atoms with Gasteiger partial charge in [0.2, 0.25) is 0 Å². The van der Waals surface area contributed by atoms with E-state index in [1.54, 1.807) is 0 Å². The van der Waals surface area contributed by atoms with E-state index in [2.05, 4.69) is 11.0 Å². The molecule has 2 nitrogen and oxygen atoms in total. The number of likely N-dealkylation sites (tertiary alicyclic amines) is 1. The van der Waals surface area contributed by atoms with E-state index in [9.17, 15) is 0 Å². The second-order valence-corrected chi connectivity index (χ2v) is 7.18. The fraction of sp³-hybridized carbons (Fsp3) is 0.667. The zero-order valence-corrected chi connectivity index (χ0v) is 13.6. The molecule has 1 aromatic rings. The van der Waals surface area contributed by atoms with Crippen LogP contribution < -0.4 is 5.73 Å². The van der Waals surface area contributed by atoms with Gasteiger partial charge < -0.3 is 10.6 Å². The molecule has 2 N–H and O–H groups in total. The first kappa shape index (κ1) is 15.3. The van der Waals surface area contributed by atoms with Gasteiger partial charge in [0, 0.05) is 23.7 Å². The summed E-state index contributed by atoms with van der Waals surface area (Å²) >= 11 is 6.06. The van der Waals surface area contributed by atoms with Crippen LogP contribution in [0.3, 0.4) is 0 Å². The van der Waals surface area contributed by atoms with Gasteiger partial charge in [0.1, 0.15) is 0 Å². The summed E-state index contributed by atoms with van der Waals surface area (Å²) in [6.45, 7) is 2.40. The number of halogens is 1. The summed E-state index contributed by atoms with van der Waals surface area (Å²) in [4.78, 5) is 2.71. The first-order valence-corrected chi connectivity index (χ1v) is 8.87. The SMILES string of the molecule is NC(CCN1CCCC1C1CCCC1)c1cccc(Cl)c1. The van der Waals surface area contributed by atoms with Gasteiger partial charge in [0.05, 0.1) is 0 Å². The lowest BCUT2D eigenvalue weighted by molar-refractivity contribution is 0.185. The van der Waals surface area contributed by atoms with E-state index in [0.717, 1.165) is 29.9 Å². The third-order valence-corrected chi connectivity index (χ3v) is 5.60. The van der Waals surface area contributed by atoms with Gasteiger partial charge in [-0.2, -0.15) is 0 Å². The highest BCUT2D eigenvalue weighted by Gasteiger charge is 2.32. The highest BCUT2D eigenvalue weighted by atomic mass is 35.5. The van der Waals surface area contributed by atoms with Crippen molar-refractivity contribution in [2.75, 3.05) is 13.1 Å². The molecule has 1 saturated carbocycles. The largest absolute Gasteiger partial charge is 0.324 e. The van der Waals surface area contributed by atoms with Crippen molar-refractivity contribution >= 4 is 11.6 Å². The molecule has 1 aliphatic heterocycles. The number of nitrogens with zero attached hydrogens (tertiary/aromatic N) is 1. The molecule has 1 heterocycles. The van der Waals surface area contributed by atoms with Crippen LogP contribution in [-0.4, -0.2) is 24.0 Å². The standard InChI is InChI=1S/C18H27ClN2/c19-16-8-3-7-15(13-16)17(20)10-12-21-11-4-9-18(21)14-5-1-2-6-14/h3,7-8,13-14,17-18H,1-2,4-6,9-12,20H2. The van der Waals surface area contributed by atoms with Crippen LogP contribution in [0.15, 0.2) is 24.3 Å². The molecule has 2 fully saturated rings. The maximum atomic E-state index is 6.36. The number of hydrogen-bond acceptors (Lipinski definition) is 2. The lowest BCUT2D eigenvalue weighted by Crippen LogP contribution is -2.36. The molecule has 2 atom stereocenters. The normalized spacial score (nSPS) is 25.5. The lowest BCUT2D eigenvalue weighted by Gasteiger charge is -2.30. The quantitative estimate of drug-likeness (QED) is 0.874. The average molecular weight is 307 g/mol. The lowest BCUT2D eigenvalue weighted by atomic mass is 9.95. The van der Waals surface area contributed by atoms with Crippen LogP contribution in [0.4, 0.5) is 0 Å². The summed E-state index contributed by atoms with van der Waals surface area (Å²) in [5.74, 6) is 0.954.